The molecule has 0 radical (unpaired) electrons. The van der Waals surface area contributed by atoms with Crippen LogP contribution in [0.25, 0.3) is 0 Å². The summed E-state index contributed by atoms with van der Waals surface area (Å²) < 4.78 is 11.3. The van der Waals surface area contributed by atoms with Gasteiger partial charge in [-0.25, -0.2) is 0 Å². The molecule has 4 rings (SSSR count). The maximum atomic E-state index is 13.6. The van der Waals surface area contributed by atoms with E-state index in [4.69, 9.17) is 32.7 Å². The van der Waals surface area contributed by atoms with Gasteiger partial charge in [-0.15, -0.1) is 0 Å². The van der Waals surface area contributed by atoms with Gasteiger partial charge in [0.1, 0.15) is 19.3 Å². The second-order valence-electron chi connectivity index (χ2n) is 9.50. The largest absolute Gasteiger partial charge is 0.486 e. The van der Waals surface area contributed by atoms with Gasteiger partial charge in [-0.05, 0) is 61.1 Å². The van der Waals surface area contributed by atoms with Crippen LogP contribution in [0, 0.1) is 0 Å². The topological polar surface area (TPSA) is 67.9 Å². The first-order chi connectivity index (χ1) is 17.4. The maximum absolute atomic E-state index is 13.6. The summed E-state index contributed by atoms with van der Waals surface area (Å²) in [7, 11) is 0. The van der Waals surface area contributed by atoms with Gasteiger partial charge < -0.3 is 19.7 Å². The summed E-state index contributed by atoms with van der Waals surface area (Å²) in [5.41, 5.74) is 1.74. The van der Waals surface area contributed by atoms with Crippen molar-refractivity contribution in [2.75, 3.05) is 13.2 Å². The standard InChI is InChI=1S/C28H34Cl2N2O4/c1-2-24(28(34)31-22-6-4-3-5-7-22)32(18-20-10-11-21(29)17-23(20)30)27(33)13-9-19-8-12-25-26(16-19)36-15-14-35-25/h8,10-12,16-17,22,24H,2-7,9,13-15,18H2,1H3,(H,31,34)/t24-/m0/s1. The highest BCUT2D eigenvalue weighted by atomic mass is 35.5. The number of fused-ring (bicyclic) bond motifs is 1. The number of aryl methyl sites for hydroxylation is 1. The molecule has 1 atom stereocenters. The molecular formula is C28H34Cl2N2O4. The zero-order valence-electron chi connectivity index (χ0n) is 20.7. The molecule has 0 spiro atoms. The lowest BCUT2D eigenvalue weighted by Crippen LogP contribution is -2.51. The van der Waals surface area contributed by atoms with Gasteiger partial charge in [0.2, 0.25) is 11.8 Å². The molecule has 6 nitrogen and oxygen atoms in total. The summed E-state index contributed by atoms with van der Waals surface area (Å²) in [4.78, 5) is 28.6. The van der Waals surface area contributed by atoms with Gasteiger partial charge in [0.25, 0.3) is 0 Å². The number of amides is 2. The number of carbonyl (C=O) groups is 2. The lowest BCUT2D eigenvalue weighted by molar-refractivity contribution is -0.141. The van der Waals surface area contributed by atoms with Crippen LogP contribution in [0.2, 0.25) is 10.0 Å². The molecule has 0 unspecified atom stereocenters. The summed E-state index contributed by atoms with van der Waals surface area (Å²) in [5.74, 6) is 1.23. The van der Waals surface area contributed by atoms with E-state index in [2.05, 4.69) is 5.32 Å². The number of nitrogens with one attached hydrogen (secondary N) is 1. The first kappa shape index (κ1) is 26.6. The minimum absolute atomic E-state index is 0.0952. The molecular weight excluding hydrogens is 499 g/mol. The number of halogens is 2. The van der Waals surface area contributed by atoms with Crippen molar-refractivity contribution in [1.82, 2.24) is 10.2 Å². The zero-order chi connectivity index (χ0) is 25.5. The van der Waals surface area contributed by atoms with Crippen molar-refractivity contribution >= 4 is 35.0 Å². The summed E-state index contributed by atoms with van der Waals surface area (Å²) >= 11 is 12.5. The van der Waals surface area contributed by atoms with E-state index in [-0.39, 0.29) is 30.8 Å². The number of nitrogens with zero attached hydrogens (tertiary/aromatic N) is 1. The van der Waals surface area contributed by atoms with Gasteiger partial charge in [0.15, 0.2) is 11.5 Å². The monoisotopic (exact) mass is 532 g/mol. The van der Waals surface area contributed by atoms with E-state index >= 15 is 0 Å². The quantitative estimate of drug-likeness (QED) is 0.433. The number of ether oxygens (including phenoxy) is 2. The Bertz CT molecular complexity index is 1070. The molecule has 2 aromatic carbocycles. The van der Waals surface area contributed by atoms with Crippen molar-refractivity contribution in [2.24, 2.45) is 0 Å². The lowest BCUT2D eigenvalue weighted by atomic mass is 9.95. The molecule has 2 amide bonds. The minimum Gasteiger partial charge on any atom is -0.486 e. The van der Waals surface area contributed by atoms with Crippen molar-refractivity contribution < 1.29 is 19.1 Å². The van der Waals surface area contributed by atoms with Crippen LogP contribution in [0.3, 0.4) is 0 Å². The SMILES string of the molecule is CC[C@@H](C(=O)NC1CCCCC1)N(Cc1ccc(Cl)cc1Cl)C(=O)CCc1ccc2c(c1)OCCO2. The van der Waals surface area contributed by atoms with Crippen LogP contribution in [0.15, 0.2) is 36.4 Å². The highest BCUT2D eigenvalue weighted by Gasteiger charge is 2.30. The van der Waals surface area contributed by atoms with Crippen molar-refractivity contribution in [1.29, 1.82) is 0 Å². The Morgan fingerprint density at radius 1 is 1.03 bits per heavy atom. The second kappa shape index (κ2) is 12.7. The molecule has 36 heavy (non-hydrogen) atoms. The molecule has 1 saturated carbocycles. The predicted molar refractivity (Wildman–Crippen MR) is 142 cm³/mol. The molecule has 0 saturated heterocycles. The van der Waals surface area contributed by atoms with E-state index in [1.165, 1.54) is 6.42 Å². The van der Waals surface area contributed by atoms with Crippen molar-refractivity contribution in [3.8, 4) is 11.5 Å². The third-order valence-electron chi connectivity index (χ3n) is 6.93. The average molecular weight is 533 g/mol. The van der Waals surface area contributed by atoms with E-state index in [1.807, 2.05) is 31.2 Å². The molecule has 1 aliphatic carbocycles. The number of hydrogen-bond acceptors (Lipinski definition) is 4. The van der Waals surface area contributed by atoms with Crippen molar-refractivity contribution in [2.45, 2.75) is 76.9 Å². The van der Waals surface area contributed by atoms with Crippen LogP contribution in [0.1, 0.15) is 63.0 Å². The smallest absolute Gasteiger partial charge is 0.243 e. The van der Waals surface area contributed by atoms with Crippen LogP contribution in [-0.2, 0) is 22.6 Å². The van der Waals surface area contributed by atoms with E-state index in [9.17, 15) is 9.59 Å². The summed E-state index contributed by atoms with van der Waals surface area (Å²) in [6.45, 7) is 3.23. The number of hydrogen-bond donors (Lipinski definition) is 1. The maximum Gasteiger partial charge on any atom is 0.243 e. The molecule has 8 heteroatoms. The van der Waals surface area contributed by atoms with Gasteiger partial charge in [0.05, 0.1) is 0 Å². The fourth-order valence-electron chi connectivity index (χ4n) is 4.94. The molecule has 194 valence electrons. The van der Waals surface area contributed by atoms with Crippen molar-refractivity contribution in [3.05, 3.63) is 57.6 Å². The van der Waals surface area contributed by atoms with Gasteiger partial charge in [-0.3, -0.25) is 9.59 Å². The molecule has 0 bridgehead atoms. The predicted octanol–water partition coefficient (Wildman–Crippen LogP) is 5.95. The summed E-state index contributed by atoms with van der Waals surface area (Å²) in [6.07, 6.45) is 6.74. The molecule has 1 N–H and O–H groups in total. The fraction of sp³-hybridized carbons (Fsp3) is 0.500. The third kappa shape index (κ3) is 6.86. The highest BCUT2D eigenvalue weighted by molar-refractivity contribution is 6.35. The number of benzene rings is 2. The Hall–Kier alpha value is -2.44. The van der Waals surface area contributed by atoms with Crippen LogP contribution in [0.4, 0.5) is 0 Å². The van der Waals surface area contributed by atoms with Crippen LogP contribution < -0.4 is 14.8 Å². The Labute approximate surface area is 223 Å². The van der Waals surface area contributed by atoms with E-state index in [0.717, 1.165) is 42.6 Å². The first-order valence-electron chi connectivity index (χ1n) is 12.9. The van der Waals surface area contributed by atoms with E-state index in [0.29, 0.717) is 41.9 Å². The molecule has 2 aliphatic rings. The third-order valence-corrected chi connectivity index (χ3v) is 7.51. The van der Waals surface area contributed by atoms with Gasteiger partial charge in [-0.1, -0.05) is 61.5 Å². The van der Waals surface area contributed by atoms with Crippen LogP contribution >= 0.6 is 23.2 Å². The van der Waals surface area contributed by atoms with E-state index < -0.39 is 6.04 Å². The Kier molecular flexibility index (Phi) is 9.38. The molecule has 1 heterocycles. The molecule has 1 aliphatic heterocycles. The number of carbonyl (C=O) groups excluding carboxylic acids is 2. The number of rotatable bonds is 9. The van der Waals surface area contributed by atoms with Gasteiger partial charge in [0, 0.05) is 29.1 Å². The van der Waals surface area contributed by atoms with Crippen molar-refractivity contribution in [3.63, 3.8) is 0 Å². The van der Waals surface area contributed by atoms with Crippen LogP contribution in [-0.4, -0.2) is 42.0 Å². The molecule has 1 fully saturated rings. The molecule has 2 aromatic rings. The van der Waals surface area contributed by atoms with E-state index in [1.54, 1.807) is 17.0 Å². The Morgan fingerprint density at radius 2 is 1.78 bits per heavy atom. The highest BCUT2D eigenvalue weighted by Crippen LogP contribution is 2.31. The van der Waals surface area contributed by atoms with Gasteiger partial charge >= 0.3 is 0 Å². The lowest BCUT2D eigenvalue weighted by Gasteiger charge is -2.33. The summed E-state index contributed by atoms with van der Waals surface area (Å²) in [6, 6.07) is 10.6. The normalized spacial score (nSPS) is 16.3. The minimum atomic E-state index is -0.577. The second-order valence-corrected chi connectivity index (χ2v) is 10.3. The zero-order valence-corrected chi connectivity index (χ0v) is 22.2. The fourth-order valence-corrected chi connectivity index (χ4v) is 5.40. The first-order valence-corrected chi connectivity index (χ1v) is 13.6. The van der Waals surface area contributed by atoms with Gasteiger partial charge in [-0.2, -0.15) is 0 Å². The average Bonchev–Trinajstić information content (AvgIpc) is 2.89. The summed E-state index contributed by atoms with van der Waals surface area (Å²) in [5, 5.41) is 4.22. The Balaban J connectivity index is 1.50. The molecule has 0 aromatic heterocycles. The van der Waals surface area contributed by atoms with Crippen LogP contribution in [0.5, 0.6) is 11.5 Å². The Morgan fingerprint density at radius 3 is 2.50 bits per heavy atom.